The second-order valence-electron chi connectivity index (χ2n) is 3.44. The fourth-order valence-corrected chi connectivity index (χ4v) is 1.58. The van der Waals surface area contributed by atoms with Gasteiger partial charge in [0.15, 0.2) is 11.5 Å². The number of carbonyl (C=O) groups excluding carboxylic acids is 1. The molecular weight excluding hydrogens is 210 g/mol. The average molecular weight is 223 g/mol. The minimum absolute atomic E-state index is 0.0860. The lowest BCUT2D eigenvalue weighted by molar-refractivity contribution is 0.141. The normalized spacial score (nSPS) is 19.1. The van der Waals surface area contributed by atoms with Crippen LogP contribution in [0.25, 0.3) is 0 Å². The number of phenols is 1. The highest BCUT2D eigenvalue weighted by Gasteiger charge is 2.24. The first-order valence-electron chi connectivity index (χ1n) is 5.11. The molecule has 0 radical (unpaired) electrons. The van der Waals surface area contributed by atoms with E-state index in [1.54, 1.807) is 12.1 Å². The first-order chi connectivity index (χ1) is 7.70. The molecule has 1 aromatic rings. The van der Waals surface area contributed by atoms with Crippen LogP contribution in [-0.4, -0.2) is 24.4 Å². The molecule has 0 saturated carbocycles. The minimum Gasteiger partial charge on any atom is -0.504 e. The minimum atomic E-state index is -0.420. The Labute approximate surface area is 93.0 Å². The molecule has 16 heavy (non-hydrogen) atoms. The molecule has 5 nitrogen and oxygen atoms in total. The molecule has 0 aliphatic carbocycles. The van der Waals surface area contributed by atoms with E-state index in [1.165, 1.54) is 6.07 Å². The quantitative estimate of drug-likeness (QED) is 0.816. The summed E-state index contributed by atoms with van der Waals surface area (Å²) in [4.78, 5) is 10.9. The van der Waals surface area contributed by atoms with E-state index in [1.807, 2.05) is 6.92 Å². The molecule has 0 aromatic heterocycles. The molecule has 2 rings (SSSR count). The summed E-state index contributed by atoms with van der Waals surface area (Å²) in [5, 5.41) is 12.1. The summed E-state index contributed by atoms with van der Waals surface area (Å²) in [5.41, 5.74) is 0.805. The van der Waals surface area contributed by atoms with Gasteiger partial charge in [-0.15, -0.1) is 0 Å². The summed E-state index contributed by atoms with van der Waals surface area (Å²) >= 11 is 0. The van der Waals surface area contributed by atoms with Crippen molar-refractivity contribution in [1.82, 2.24) is 5.32 Å². The van der Waals surface area contributed by atoms with E-state index in [-0.39, 0.29) is 11.9 Å². The zero-order chi connectivity index (χ0) is 11.5. The third-order valence-corrected chi connectivity index (χ3v) is 2.34. The zero-order valence-corrected chi connectivity index (χ0v) is 8.90. The molecule has 1 unspecified atom stereocenters. The Morgan fingerprint density at radius 1 is 1.62 bits per heavy atom. The van der Waals surface area contributed by atoms with Crippen LogP contribution in [0.15, 0.2) is 18.2 Å². The molecule has 86 valence electrons. The molecule has 0 spiro atoms. The third-order valence-electron chi connectivity index (χ3n) is 2.34. The van der Waals surface area contributed by atoms with E-state index < -0.39 is 6.09 Å². The topological polar surface area (TPSA) is 67.8 Å². The summed E-state index contributed by atoms with van der Waals surface area (Å²) in [6.45, 7) is 2.75. The van der Waals surface area contributed by atoms with Gasteiger partial charge in [0.05, 0.1) is 13.2 Å². The lowest BCUT2D eigenvalue weighted by Gasteiger charge is -2.11. The highest BCUT2D eigenvalue weighted by molar-refractivity contribution is 5.69. The number of carbonyl (C=O) groups is 1. The summed E-state index contributed by atoms with van der Waals surface area (Å²) in [7, 11) is 0. The number of ether oxygens (including phenoxy) is 2. The van der Waals surface area contributed by atoms with Gasteiger partial charge in [-0.3, -0.25) is 0 Å². The molecular formula is C11H13NO4. The lowest BCUT2D eigenvalue weighted by atomic mass is 10.1. The maximum absolute atomic E-state index is 10.9. The van der Waals surface area contributed by atoms with Crippen molar-refractivity contribution >= 4 is 6.09 Å². The summed E-state index contributed by atoms with van der Waals surface area (Å²) < 4.78 is 10.3. The zero-order valence-electron chi connectivity index (χ0n) is 8.90. The van der Waals surface area contributed by atoms with Crippen molar-refractivity contribution in [3.63, 3.8) is 0 Å². The largest absolute Gasteiger partial charge is 0.504 e. The van der Waals surface area contributed by atoms with Crippen LogP contribution in [-0.2, 0) is 4.74 Å². The molecule has 1 amide bonds. The number of hydrogen-bond acceptors (Lipinski definition) is 4. The van der Waals surface area contributed by atoms with Crippen LogP contribution >= 0.6 is 0 Å². The van der Waals surface area contributed by atoms with E-state index in [0.29, 0.717) is 18.9 Å². The van der Waals surface area contributed by atoms with Crippen LogP contribution < -0.4 is 10.1 Å². The summed E-state index contributed by atoms with van der Waals surface area (Å²) in [5.74, 6) is 0.492. The van der Waals surface area contributed by atoms with Crippen molar-refractivity contribution < 1.29 is 19.4 Å². The predicted octanol–water partition coefficient (Wildman–Crippen LogP) is 1.57. The van der Waals surface area contributed by atoms with Crippen molar-refractivity contribution in [3.8, 4) is 11.5 Å². The van der Waals surface area contributed by atoms with E-state index in [0.717, 1.165) is 5.56 Å². The Balaban J connectivity index is 2.21. The number of hydrogen-bond donors (Lipinski definition) is 2. The van der Waals surface area contributed by atoms with Gasteiger partial charge in [-0.25, -0.2) is 4.79 Å². The van der Waals surface area contributed by atoms with Gasteiger partial charge in [0.2, 0.25) is 0 Å². The third kappa shape index (κ3) is 2.03. The summed E-state index contributed by atoms with van der Waals surface area (Å²) in [6.07, 6.45) is -0.733. The van der Waals surface area contributed by atoms with Gasteiger partial charge in [0.25, 0.3) is 0 Å². The standard InChI is InChI=1S/C11H13NO4/c1-2-15-9-5-7(3-4-8(9)13)10-6-12-11(14)16-10/h3-5,10,13H,2,6H2,1H3,(H,12,14). The molecule has 1 fully saturated rings. The van der Waals surface area contributed by atoms with Crippen LogP contribution in [0.1, 0.15) is 18.6 Å². The highest BCUT2D eigenvalue weighted by Crippen LogP contribution is 2.31. The number of aromatic hydroxyl groups is 1. The van der Waals surface area contributed by atoms with Gasteiger partial charge < -0.3 is 19.9 Å². The van der Waals surface area contributed by atoms with Gasteiger partial charge in [-0.05, 0) is 24.6 Å². The van der Waals surface area contributed by atoms with E-state index in [9.17, 15) is 9.90 Å². The molecule has 1 aliphatic rings. The molecule has 2 N–H and O–H groups in total. The predicted molar refractivity (Wildman–Crippen MR) is 56.5 cm³/mol. The average Bonchev–Trinajstić information content (AvgIpc) is 2.69. The Kier molecular flexibility index (Phi) is 2.85. The number of benzene rings is 1. The maximum Gasteiger partial charge on any atom is 0.407 e. The number of amides is 1. The fourth-order valence-electron chi connectivity index (χ4n) is 1.58. The molecule has 1 aliphatic heterocycles. The molecule has 5 heteroatoms. The fraction of sp³-hybridized carbons (Fsp3) is 0.364. The number of alkyl carbamates (subject to hydrolysis) is 1. The van der Waals surface area contributed by atoms with Crippen LogP contribution in [0.5, 0.6) is 11.5 Å². The number of nitrogens with one attached hydrogen (secondary N) is 1. The Hall–Kier alpha value is -1.91. The number of cyclic esters (lactones) is 1. The highest BCUT2D eigenvalue weighted by atomic mass is 16.6. The van der Waals surface area contributed by atoms with Crippen molar-refractivity contribution in [3.05, 3.63) is 23.8 Å². The second-order valence-corrected chi connectivity index (χ2v) is 3.44. The molecule has 1 atom stereocenters. The first kappa shape index (κ1) is 10.6. The van der Waals surface area contributed by atoms with Crippen LogP contribution in [0.4, 0.5) is 4.79 Å². The first-order valence-corrected chi connectivity index (χ1v) is 5.11. The second kappa shape index (κ2) is 4.30. The van der Waals surface area contributed by atoms with E-state index in [4.69, 9.17) is 9.47 Å². The van der Waals surface area contributed by atoms with Gasteiger partial charge >= 0.3 is 6.09 Å². The monoisotopic (exact) mass is 223 g/mol. The van der Waals surface area contributed by atoms with E-state index >= 15 is 0 Å². The van der Waals surface area contributed by atoms with Gasteiger partial charge in [-0.1, -0.05) is 6.07 Å². The van der Waals surface area contributed by atoms with Crippen molar-refractivity contribution in [2.45, 2.75) is 13.0 Å². The molecule has 1 aromatic carbocycles. The molecule has 1 saturated heterocycles. The van der Waals surface area contributed by atoms with E-state index in [2.05, 4.69) is 5.32 Å². The molecule has 1 heterocycles. The van der Waals surface area contributed by atoms with Crippen molar-refractivity contribution in [2.75, 3.05) is 13.2 Å². The molecule has 0 bridgehead atoms. The Bertz CT molecular complexity index is 405. The summed E-state index contributed by atoms with van der Waals surface area (Å²) in [6, 6.07) is 4.93. The lowest BCUT2D eigenvalue weighted by Crippen LogP contribution is -2.12. The van der Waals surface area contributed by atoms with Gasteiger partial charge in [-0.2, -0.15) is 0 Å². The Morgan fingerprint density at radius 2 is 2.44 bits per heavy atom. The Morgan fingerprint density at radius 3 is 3.06 bits per heavy atom. The number of rotatable bonds is 3. The number of phenolic OH excluding ortho intramolecular Hbond substituents is 1. The SMILES string of the molecule is CCOc1cc(C2CNC(=O)O2)ccc1O. The van der Waals surface area contributed by atoms with Gasteiger partial charge in [0.1, 0.15) is 6.10 Å². The smallest absolute Gasteiger partial charge is 0.407 e. The maximum atomic E-state index is 10.9. The van der Waals surface area contributed by atoms with Crippen molar-refractivity contribution in [2.24, 2.45) is 0 Å². The van der Waals surface area contributed by atoms with Crippen LogP contribution in [0, 0.1) is 0 Å². The van der Waals surface area contributed by atoms with Crippen molar-refractivity contribution in [1.29, 1.82) is 0 Å². The van der Waals surface area contributed by atoms with Crippen LogP contribution in [0.2, 0.25) is 0 Å². The van der Waals surface area contributed by atoms with Crippen LogP contribution in [0.3, 0.4) is 0 Å². The van der Waals surface area contributed by atoms with Gasteiger partial charge in [0, 0.05) is 0 Å².